The van der Waals surface area contributed by atoms with Crippen LogP contribution < -0.4 is 5.73 Å². The lowest BCUT2D eigenvalue weighted by molar-refractivity contribution is -0.132. The number of carbonyl (C=O) groups is 1. The molecule has 1 amide bonds. The zero-order valence-corrected chi connectivity index (χ0v) is 7.82. The molecule has 0 aliphatic carbocycles. The Hall–Kier alpha value is -1.60. The third kappa shape index (κ3) is 2.15. The zero-order chi connectivity index (χ0) is 12.5. The number of carbonyl (C=O) groups excluding carboxylic acids is 1. The van der Waals surface area contributed by atoms with Gasteiger partial charge < -0.3 is 15.9 Å². The molecule has 1 aromatic carbocycles. The second-order valence-electron chi connectivity index (χ2n) is 3.05. The van der Waals surface area contributed by atoms with E-state index in [0.717, 1.165) is 0 Å². The van der Waals surface area contributed by atoms with E-state index in [4.69, 9.17) is 5.11 Å². The van der Waals surface area contributed by atoms with Crippen LogP contribution in [0, 0.1) is 17.5 Å². The van der Waals surface area contributed by atoms with Gasteiger partial charge in [0, 0.05) is 0 Å². The van der Waals surface area contributed by atoms with Gasteiger partial charge in [0.25, 0.3) is 0 Å². The third-order valence-corrected chi connectivity index (χ3v) is 1.97. The van der Waals surface area contributed by atoms with Crippen molar-refractivity contribution in [2.24, 2.45) is 5.73 Å². The molecule has 1 aromatic rings. The lowest BCUT2D eigenvalue weighted by Crippen LogP contribution is -2.34. The van der Waals surface area contributed by atoms with Gasteiger partial charge in [0.2, 0.25) is 5.91 Å². The Morgan fingerprint density at radius 1 is 1.19 bits per heavy atom. The number of halogens is 3. The van der Waals surface area contributed by atoms with Crippen LogP contribution in [0.1, 0.15) is 11.7 Å². The summed E-state index contributed by atoms with van der Waals surface area (Å²) in [5, 5.41) is 18.3. The number of amides is 1. The molecule has 0 heterocycles. The highest BCUT2D eigenvalue weighted by Crippen LogP contribution is 2.25. The van der Waals surface area contributed by atoms with Gasteiger partial charge in [-0.15, -0.1) is 0 Å². The first-order chi connectivity index (χ1) is 7.36. The zero-order valence-electron chi connectivity index (χ0n) is 7.82. The first-order valence-electron chi connectivity index (χ1n) is 4.15. The van der Waals surface area contributed by atoms with E-state index in [9.17, 15) is 23.1 Å². The van der Waals surface area contributed by atoms with E-state index in [1.807, 2.05) is 0 Å². The van der Waals surface area contributed by atoms with E-state index in [-0.39, 0.29) is 0 Å². The van der Waals surface area contributed by atoms with Crippen LogP contribution >= 0.6 is 0 Å². The van der Waals surface area contributed by atoms with E-state index >= 15 is 0 Å². The summed E-state index contributed by atoms with van der Waals surface area (Å²) in [6, 6.07) is 1.07. The van der Waals surface area contributed by atoms with Crippen molar-refractivity contribution in [1.29, 1.82) is 0 Å². The summed E-state index contributed by atoms with van der Waals surface area (Å²) < 4.78 is 38.9. The van der Waals surface area contributed by atoms with E-state index in [1.165, 1.54) is 0 Å². The molecule has 16 heavy (non-hydrogen) atoms. The Labute approximate surface area is 88.1 Å². The first kappa shape index (κ1) is 12.5. The van der Waals surface area contributed by atoms with Crippen LogP contribution in [0.4, 0.5) is 13.2 Å². The Morgan fingerprint density at radius 3 is 2.19 bits per heavy atom. The van der Waals surface area contributed by atoms with E-state index < -0.39 is 41.1 Å². The number of hydrogen-bond acceptors (Lipinski definition) is 3. The van der Waals surface area contributed by atoms with Crippen molar-refractivity contribution < 1.29 is 28.2 Å². The molecule has 88 valence electrons. The lowest BCUT2D eigenvalue weighted by Gasteiger charge is -2.16. The van der Waals surface area contributed by atoms with Gasteiger partial charge in [-0.3, -0.25) is 4.79 Å². The fourth-order valence-electron chi connectivity index (χ4n) is 1.13. The summed E-state index contributed by atoms with van der Waals surface area (Å²) in [4.78, 5) is 10.5. The summed E-state index contributed by atoms with van der Waals surface area (Å²) in [5.41, 5.74) is 3.49. The van der Waals surface area contributed by atoms with Crippen molar-refractivity contribution in [3.05, 3.63) is 35.1 Å². The van der Waals surface area contributed by atoms with Crippen LogP contribution in [0.3, 0.4) is 0 Å². The molecule has 0 radical (unpaired) electrons. The average molecular weight is 235 g/mol. The van der Waals surface area contributed by atoms with Crippen molar-refractivity contribution in [1.82, 2.24) is 0 Å². The van der Waals surface area contributed by atoms with Crippen LogP contribution in [0.2, 0.25) is 0 Å². The predicted molar refractivity (Wildman–Crippen MR) is 46.5 cm³/mol. The van der Waals surface area contributed by atoms with Gasteiger partial charge in [0.1, 0.15) is 11.9 Å². The minimum absolute atomic E-state index is 0.511. The molecule has 1 rings (SSSR count). The van der Waals surface area contributed by atoms with Crippen molar-refractivity contribution >= 4 is 5.91 Å². The second kappa shape index (κ2) is 4.50. The molecule has 0 aliphatic rings. The van der Waals surface area contributed by atoms with E-state index in [0.29, 0.717) is 12.1 Å². The molecular weight excluding hydrogens is 227 g/mol. The largest absolute Gasteiger partial charge is 0.385 e. The van der Waals surface area contributed by atoms with Crippen LogP contribution in [0.15, 0.2) is 12.1 Å². The maximum atomic E-state index is 13.1. The molecule has 0 saturated heterocycles. The Morgan fingerprint density at radius 2 is 1.69 bits per heavy atom. The lowest BCUT2D eigenvalue weighted by atomic mass is 10.0. The van der Waals surface area contributed by atoms with Gasteiger partial charge in [-0.1, -0.05) is 0 Å². The maximum absolute atomic E-state index is 13.1. The molecule has 0 spiro atoms. The molecule has 0 aromatic heterocycles. The minimum atomic E-state index is -2.26. The highest BCUT2D eigenvalue weighted by Gasteiger charge is 2.30. The Balaban J connectivity index is 3.22. The fourth-order valence-corrected chi connectivity index (χ4v) is 1.13. The number of benzene rings is 1. The maximum Gasteiger partial charge on any atom is 0.249 e. The van der Waals surface area contributed by atoms with Crippen LogP contribution in [0.5, 0.6) is 0 Å². The number of aliphatic hydroxyl groups excluding tert-OH is 2. The number of hydrogen-bond donors (Lipinski definition) is 3. The topological polar surface area (TPSA) is 83.6 Å². The summed E-state index contributed by atoms with van der Waals surface area (Å²) in [7, 11) is 0. The summed E-state index contributed by atoms with van der Waals surface area (Å²) in [6.45, 7) is 0. The molecule has 0 saturated carbocycles. The third-order valence-electron chi connectivity index (χ3n) is 1.97. The highest BCUT2D eigenvalue weighted by atomic mass is 19.2. The van der Waals surface area contributed by atoms with E-state index in [2.05, 4.69) is 5.73 Å². The highest BCUT2D eigenvalue weighted by molar-refractivity contribution is 5.79. The number of rotatable bonds is 3. The average Bonchev–Trinajstić information content (AvgIpc) is 2.22. The Kier molecular flexibility index (Phi) is 3.51. The summed E-state index contributed by atoms with van der Waals surface area (Å²) in [6.07, 6.45) is -4.47. The monoisotopic (exact) mass is 235 g/mol. The fraction of sp³-hybridized carbons (Fsp3) is 0.222. The molecule has 0 aliphatic heterocycles. The molecule has 4 nitrogen and oxygen atoms in total. The van der Waals surface area contributed by atoms with Crippen LogP contribution in [0.25, 0.3) is 0 Å². The number of nitrogens with two attached hydrogens (primary N) is 1. The number of primary amides is 1. The molecule has 0 fully saturated rings. The summed E-state index contributed by atoms with van der Waals surface area (Å²) in [5.74, 6) is -5.75. The van der Waals surface area contributed by atoms with Gasteiger partial charge in [0.15, 0.2) is 17.7 Å². The predicted octanol–water partition coefficient (Wildman–Crippen LogP) is -0.0165. The van der Waals surface area contributed by atoms with E-state index in [1.54, 1.807) is 0 Å². The van der Waals surface area contributed by atoms with Crippen molar-refractivity contribution in [3.63, 3.8) is 0 Å². The molecule has 2 atom stereocenters. The first-order valence-corrected chi connectivity index (χ1v) is 4.15. The van der Waals surface area contributed by atoms with Gasteiger partial charge in [-0.2, -0.15) is 0 Å². The van der Waals surface area contributed by atoms with Gasteiger partial charge in [-0.25, -0.2) is 13.2 Å². The van der Waals surface area contributed by atoms with Crippen molar-refractivity contribution in [2.75, 3.05) is 0 Å². The standard InChI is InChI=1S/C9H8F3NO3/c10-3-1-2-4(11)6(12)5(3)7(14)8(15)9(13)16/h1-2,7-8,14-15H,(H2,13,16). The quantitative estimate of drug-likeness (QED) is 0.644. The molecule has 2 unspecified atom stereocenters. The number of aliphatic hydroxyl groups is 2. The van der Waals surface area contributed by atoms with Crippen LogP contribution in [-0.2, 0) is 4.79 Å². The molecule has 0 bridgehead atoms. The SMILES string of the molecule is NC(=O)C(O)C(O)c1c(F)ccc(F)c1F. The van der Waals surface area contributed by atoms with Crippen molar-refractivity contribution in [3.8, 4) is 0 Å². The van der Waals surface area contributed by atoms with Gasteiger partial charge >= 0.3 is 0 Å². The molecule has 7 heteroatoms. The normalized spacial score (nSPS) is 14.6. The Bertz CT molecular complexity index is 425. The van der Waals surface area contributed by atoms with Gasteiger partial charge in [-0.05, 0) is 12.1 Å². The smallest absolute Gasteiger partial charge is 0.249 e. The van der Waals surface area contributed by atoms with Crippen molar-refractivity contribution in [2.45, 2.75) is 12.2 Å². The van der Waals surface area contributed by atoms with Gasteiger partial charge in [0.05, 0.1) is 5.56 Å². The molecule has 4 N–H and O–H groups in total. The minimum Gasteiger partial charge on any atom is -0.385 e. The summed E-state index contributed by atoms with van der Waals surface area (Å²) >= 11 is 0. The second-order valence-corrected chi connectivity index (χ2v) is 3.05. The van der Waals surface area contributed by atoms with Crippen LogP contribution in [-0.4, -0.2) is 22.2 Å². The molecular formula is C9H8F3NO3.